The zero-order valence-electron chi connectivity index (χ0n) is 12.2. The lowest BCUT2D eigenvalue weighted by atomic mass is 10.1. The Morgan fingerprint density at radius 1 is 1.00 bits per heavy atom. The van der Waals surface area contributed by atoms with E-state index in [0.717, 1.165) is 22.1 Å². The fourth-order valence-corrected chi connectivity index (χ4v) is 2.39. The highest BCUT2D eigenvalue weighted by Crippen LogP contribution is 2.14. The van der Waals surface area contributed by atoms with Gasteiger partial charge in [0, 0.05) is 10.2 Å². The van der Waals surface area contributed by atoms with Gasteiger partial charge in [0.25, 0.3) is 0 Å². The van der Waals surface area contributed by atoms with Gasteiger partial charge in [0.2, 0.25) is 5.91 Å². The second-order valence-electron chi connectivity index (χ2n) is 5.15. The van der Waals surface area contributed by atoms with E-state index in [1.165, 1.54) is 18.4 Å². The number of unbranched alkanes of at least 4 members (excludes halogenated alkanes) is 1. The molecule has 0 saturated carbocycles. The summed E-state index contributed by atoms with van der Waals surface area (Å²) in [6.45, 7) is 2.19. The lowest BCUT2D eigenvalue weighted by Gasteiger charge is -2.07. The van der Waals surface area contributed by atoms with E-state index in [0.29, 0.717) is 6.42 Å². The number of hydrogen-bond donors (Lipinski definition) is 1. The van der Waals surface area contributed by atoms with E-state index >= 15 is 0 Å². The van der Waals surface area contributed by atoms with Crippen molar-refractivity contribution in [1.29, 1.82) is 0 Å². The molecule has 0 aliphatic heterocycles. The largest absolute Gasteiger partial charge is 0.326 e. The summed E-state index contributed by atoms with van der Waals surface area (Å²) < 4.78 is 1.02. The molecule has 2 rings (SSSR count). The second-order valence-corrected chi connectivity index (χ2v) is 6.07. The highest BCUT2D eigenvalue weighted by atomic mass is 79.9. The summed E-state index contributed by atoms with van der Waals surface area (Å²) in [5, 5.41) is 2.94. The molecule has 0 aliphatic rings. The van der Waals surface area contributed by atoms with Gasteiger partial charge in [-0.3, -0.25) is 4.79 Å². The number of rotatable bonds is 6. The number of anilines is 1. The van der Waals surface area contributed by atoms with Crippen LogP contribution in [0, 0.1) is 0 Å². The molecule has 0 fully saturated rings. The molecular weight excluding hydrogens is 326 g/mol. The van der Waals surface area contributed by atoms with Crippen molar-refractivity contribution >= 4 is 27.5 Å². The molecule has 21 heavy (non-hydrogen) atoms. The van der Waals surface area contributed by atoms with Crippen molar-refractivity contribution in [2.24, 2.45) is 0 Å². The smallest absolute Gasteiger partial charge is 0.228 e. The maximum absolute atomic E-state index is 12.0. The van der Waals surface area contributed by atoms with Crippen molar-refractivity contribution in [1.82, 2.24) is 0 Å². The van der Waals surface area contributed by atoms with Crippen LogP contribution in [0.4, 0.5) is 5.69 Å². The molecule has 0 heterocycles. The molecule has 0 aromatic heterocycles. The Bertz CT molecular complexity index is 575. The number of nitrogens with one attached hydrogen (secondary N) is 1. The third kappa shape index (κ3) is 5.35. The van der Waals surface area contributed by atoms with E-state index in [2.05, 4.69) is 40.3 Å². The number of aryl methyl sites for hydroxylation is 1. The van der Waals surface area contributed by atoms with Crippen LogP contribution in [0.15, 0.2) is 53.0 Å². The van der Waals surface area contributed by atoms with Crippen LogP contribution in [0.1, 0.15) is 30.9 Å². The minimum absolute atomic E-state index is 0.0126. The van der Waals surface area contributed by atoms with E-state index in [4.69, 9.17) is 0 Å². The number of carbonyl (C=O) groups is 1. The van der Waals surface area contributed by atoms with E-state index in [1.807, 2.05) is 36.4 Å². The Morgan fingerprint density at radius 3 is 2.24 bits per heavy atom. The van der Waals surface area contributed by atoms with Crippen LogP contribution in [0.25, 0.3) is 0 Å². The van der Waals surface area contributed by atoms with Crippen molar-refractivity contribution < 1.29 is 4.79 Å². The van der Waals surface area contributed by atoms with Crippen molar-refractivity contribution in [3.05, 3.63) is 64.1 Å². The molecular formula is C18H20BrNO. The summed E-state index contributed by atoms with van der Waals surface area (Å²) in [4.78, 5) is 12.0. The van der Waals surface area contributed by atoms with Gasteiger partial charge in [-0.25, -0.2) is 0 Å². The van der Waals surface area contributed by atoms with Crippen molar-refractivity contribution in [2.45, 2.75) is 32.6 Å². The Hall–Kier alpha value is -1.61. The zero-order valence-corrected chi connectivity index (χ0v) is 13.8. The summed E-state index contributed by atoms with van der Waals surface area (Å²) >= 11 is 3.39. The minimum atomic E-state index is 0.0126. The average Bonchev–Trinajstić information content (AvgIpc) is 2.49. The molecule has 2 aromatic carbocycles. The first kappa shape index (κ1) is 15.8. The Morgan fingerprint density at radius 2 is 1.62 bits per heavy atom. The minimum Gasteiger partial charge on any atom is -0.326 e. The van der Waals surface area contributed by atoms with Gasteiger partial charge in [-0.2, -0.15) is 0 Å². The predicted molar refractivity (Wildman–Crippen MR) is 91.5 cm³/mol. The highest BCUT2D eigenvalue weighted by molar-refractivity contribution is 9.10. The first-order chi connectivity index (χ1) is 10.2. The fraction of sp³-hybridized carbons (Fsp3) is 0.278. The van der Waals surface area contributed by atoms with Crippen molar-refractivity contribution in [3.8, 4) is 0 Å². The maximum atomic E-state index is 12.0. The molecule has 2 aromatic rings. The van der Waals surface area contributed by atoms with E-state index in [1.54, 1.807) is 0 Å². The first-order valence-electron chi connectivity index (χ1n) is 7.30. The third-order valence-electron chi connectivity index (χ3n) is 3.33. The molecule has 0 spiro atoms. The number of carbonyl (C=O) groups excluding carboxylic acids is 1. The zero-order chi connectivity index (χ0) is 15.1. The average molecular weight is 346 g/mol. The molecule has 0 radical (unpaired) electrons. The van der Waals surface area contributed by atoms with Crippen molar-refractivity contribution in [3.63, 3.8) is 0 Å². The van der Waals surface area contributed by atoms with Gasteiger partial charge in [-0.15, -0.1) is 0 Å². The van der Waals surface area contributed by atoms with Crippen LogP contribution in [0.5, 0.6) is 0 Å². The molecule has 0 atom stereocenters. The quantitative estimate of drug-likeness (QED) is 0.786. The topological polar surface area (TPSA) is 29.1 Å². The van der Waals surface area contributed by atoms with Crippen LogP contribution in [-0.2, 0) is 17.6 Å². The lowest BCUT2D eigenvalue weighted by molar-refractivity contribution is -0.115. The predicted octanol–water partition coefficient (Wildman–Crippen LogP) is 4.97. The van der Waals surface area contributed by atoms with E-state index in [9.17, 15) is 4.79 Å². The van der Waals surface area contributed by atoms with Crippen LogP contribution in [0.2, 0.25) is 0 Å². The SMILES string of the molecule is CCCCc1ccc(NC(=O)Cc2ccc(Br)cc2)cc1. The third-order valence-corrected chi connectivity index (χ3v) is 3.86. The monoisotopic (exact) mass is 345 g/mol. The standard InChI is InChI=1S/C18H20BrNO/c1-2-3-4-14-7-11-17(12-8-14)20-18(21)13-15-5-9-16(19)10-6-15/h5-12H,2-4,13H2,1H3,(H,20,21). The first-order valence-corrected chi connectivity index (χ1v) is 8.10. The van der Waals surface area contributed by atoms with Gasteiger partial charge in [-0.05, 0) is 48.2 Å². The van der Waals surface area contributed by atoms with Crippen LogP contribution < -0.4 is 5.32 Å². The molecule has 1 amide bonds. The Kier molecular flexibility index (Phi) is 6.00. The molecule has 1 N–H and O–H groups in total. The highest BCUT2D eigenvalue weighted by Gasteiger charge is 2.04. The molecule has 0 aliphatic carbocycles. The number of benzene rings is 2. The van der Waals surface area contributed by atoms with Gasteiger partial charge >= 0.3 is 0 Å². The molecule has 0 saturated heterocycles. The van der Waals surface area contributed by atoms with E-state index < -0.39 is 0 Å². The normalized spacial score (nSPS) is 10.4. The molecule has 110 valence electrons. The lowest BCUT2D eigenvalue weighted by Crippen LogP contribution is -2.14. The maximum Gasteiger partial charge on any atom is 0.228 e. The Balaban J connectivity index is 1.88. The van der Waals surface area contributed by atoms with Crippen LogP contribution in [-0.4, -0.2) is 5.91 Å². The molecule has 0 bridgehead atoms. The van der Waals surface area contributed by atoms with Gasteiger partial charge < -0.3 is 5.32 Å². The van der Waals surface area contributed by atoms with Gasteiger partial charge in [0.05, 0.1) is 6.42 Å². The van der Waals surface area contributed by atoms with Gasteiger partial charge in [-0.1, -0.05) is 53.5 Å². The number of hydrogen-bond acceptors (Lipinski definition) is 1. The summed E-state index contributed by atoms with van der Waals surface area (Å²) in [6.07, 6.45) is 3.90. The second kappa shape index (κ2) is 7.99. The fourth-order valence-electron chi connectivity index (χ4n) is 2.13. The summed E-state index contributed by atoms with van der Waals surface area (Å²) in [7, 11) is 0. The Labute approximate surface area is 134 Å². The van der Waals surface area contributed by atoms with Crippen molar-refractivity contribution in [2.75, 3.05) is 5.32 Å². The summed E-state index contributed by atoms with van der Waals surface area (Å²) in [5.74, 6) is 0.0126. The number of halogens is 1. The van der Waals surface area contributed by atoms with Crippen LogP contribution in [0.3, 0.4) is 0 Å². The molecule has 2 nitrogen and oxygen atoms in total. The van der Waals surface area contributed by atoms with E-state index in [-0.39, 0.29) is 5.91 Å². The summed E-state index contributed by atoms with van der Waals surface area (Å²) in [5.41, 5.74) is 3.19. The molecule has 3 heteroatoms. The van der Waals surface area contributed by atoms with Crippen LogP contribution >= 0.6 is 15.9 Å². The number of amides is 1. The van der Waals surface area contributed by atoms with Gasteiger partial charge in [0.1, 0.15) is 0 Å². The molecule has 0 unspecified atom stereocenters. The van der Waals surface area contributed by atoms with Gasteiger partial charge in [0.15, 0.2) is 0 Å². The summed E-state index contributed by atoms with van der Waals surface area (Å²) in [6, 6.07) is 15.9.